The van der Waals surface area contributed by atoms with E-state index < -0.39 is 27.3 Å². The molecule has 1 amide bonds. The van der Waals surface area contributed by atoms with Gasteiger partial charge >= 0.3 is 0 Å². The average Bonchev–Trinajstić information content (AvgIpc) is 3.24. The fourth-order valence-electron chi connectivity index (χ4n) is 3.77. The molecule has 1 aromatic heterocycles. The number of anilines is 1. The summed E-state index contributed by atoms with van der Waals surface area (Å²) >= 11 is 7.56. The molecular formula is C23H25ClFN3O4S2. The number of benzene rings is 2. The molecule has 2 heterocycles. The molecule has 0 spiro atoms. The average molecular weight is 526 g/mol. The van der Waals surface area contributed by atoms with Crippen molar-refractivity contribution in [2.75, 3.05) is 50.0 Å². The van der Waals surface area contributed by atoms with Crippen LogP contribution in [0.3, 0.4) is 0 Å². The summed E-state index contributed by atoms with van der Waals surface area (Å²) in [6, 6.07) is 8.10. The van der Waals surface area contributed by atoms with Crippen LogP contribution >= 0.6 is 22.9 Å². The molecule has 3 aromatic rings. The molecule has 34 heavy (non-hydrogen) atoms. The number of nitrogens with zero attached hydrogens (tertiary/aromatic N) is 3. The number of hydrogen-bond acceptors (Lipinski definition) is 7. The second-order valence-corrected chi connectivity index (χ2v) is 11.5. The normalized spacial score (nSPS) is 15.0. The summed E-state index contributed by atoms with van der Waals surface area (Å²) < 4.78 is 45.2. The first kappa shape index (κ1) is 25.0. The summed E-state index contributed by atoms with van der Waals surface area (Å²) in [6.07, 6.45) is 0.651. The van der Waals surface area contributed by atoms with Crippen LogP contribution in [0.5, 0.6) is 0 Å². The van der Waals surface area contributed by atoms with E-state index in [0.717, 1.165) is 42.0 Å². The maximum atomic E-state index is 13.3. The van der Waals surface area contributed by atoms with Gasteiger partial charge in [0.15, 0.2) is 15.0 Å². The molecule has 0 radical (unpaired) electrons. The number of aryl methyl sites for hydroxylation is 1. The lowest BCUT2D eigenvalue weighted by molar-refractivity contribution is -0.116. The first-order valence-electron chi connectivity index (χ1n) is 10.9. The van der Waals surface area contributed by atoms with Crippen LogP contribution in [0, 0.1) is 12.7 Å². The predicted octanol–water partition coefficient (Wildman–Crippen LogP) is 3.93. The van der Waals surface area contributed by atoms with Crippen molar-refractivity contribution in [3.05, 3.63) is 52.8 Å². The van der Waals surface area contributed by atoms with Gasteiger partial charge < -0.3 is 4.74 Å². The minimum Gasteiger partial charge on any atom is -0.379 e. The molecule has 1 saturated heterocycles. The second-order valence-electron chi connectivity index (χ2n) is 8.08. The highest BCUT2D eigenvalue weighted by atomic mass is 35.5. The molecule has 11 heteroatoms. The first-order valence-corrected chi connectivity index (χ1v) is 13.7. The van der Waals surface area contributed by atoms with Gasteiger partial charge in [-0.05, 0) is 55.3 Å². The Balaban J connectivity index is 1.58. The van der Waals surface area contributed by atoms with Crippen molar-refractivity contribution in [3.63, 3.8) is 0 Å². The number of carbonyl (C=O) groups excluding carboxylic acids is 1. The minimum absolute atomic E-state index is 0.0950. The van der Waals surface area contributed by atoms with Crippen LogP contribution in [-0.2, 0) is 19.4 Å². The van der Waals surface area contributed by atoms with E-state index >= 15 is 0 Å². The fraction of sp³-hybridized carbons (Fsp3) is 0.391. The molecule has 0 N–H and O–H groups in total. The predicted molar refractivity (Wildman–Crippen MR) is 132 cm³/mol. The molecule has 0 saturated carbocycles. The summed E-state index contributed by atoms with van der Waals surface area (Å²) in [5.41, 5.74) is 1.50. The Kier molecular flexibility index (Phi) is 7.83. The third-order valence-electron chi connectivity index (χ3n) is 5.71. The van der Waals surface area contributed by atoms with Gasteiger partial charge in [-0.3, -0.25) is 14.6 Å². The van der Waals surface area contributed by atoms with Gasteiger partial charge in [0, 0.05) is 31.2 Å². The maximum Gasteiger partial charge on any atom is 0.244 e. The zero-order valence-corrected chi connectivity index (χ0v) is 21.1. The van der Waals surface area contributed by atoms with E-state index in [0.29, 0.717) is 41.9 Å². The molecule has 7 nitrogen and oxygen atoms in total. The Bertz CT molecular complexity index is 1280. The standard InChI is InChI=1S/C23H25ClFN3O4S2/c1-16-19(24)7-8-20-22(16)26-23(33-20)28(10-2-9-27-11-13-32-14-12-27)21(29)15-34(30,31)18-5-3-17(25)4-6-18/h3-8H,2,9-15H2,1H3. The number of aromatic nitrogens is 1. The van der Waals surface area contributed by atoms with Crippen molar-refractivity contribution in [2.24, 2.45) is 0 Å². The SMILES string of the molecule is Cc1c(Cl)ccc2sc(N(CCCN3CCOCC3)C(=O)CS(=O)(=O)c3ccc(F)cc3)nc12. The molecule has 1 fully saturated rings. The molecule has 1 aliphatic heterocycles. The molecule has 2 aromatic carbocycles. The maximum absolute atomic E-state index is 13.3. The summed E-state index contributed by atoms with van der Waals surface area (Å²) in [6.45, 7) is 5.94. The lowest BCUT2D eigenvalue weighted by Gasteiger charge is -2.27. The zero-order chi connectivity index (χ0) is 24.3. The Morgan fingerprint density at radius 1 is 1.21 bits per heavy atom. The Hall–Kier alpha value is -2.11. The van der Waals surface area contributed by atoms with Gasteiger partial charge in [-0.2, -0.15) is 0 Å². The number of amides is 1. The van der Waals surface area contributed by atoms with Crippen molar-refractivity contribution in [2.45, 2.75) is 18.2 Å². The number of ether oxygens (including phenoxy) is 1. The third kappa shape index (κ3) is 5.75. The highest BCUT2D eigenvalue weighted by molar-refractivity contribution is 7.92. The van der Waals surface area contributed by atoms with Crippen molar-refractivity contribution in [3.8, 4) is 0 Å². The van der Waals surface area contributed by atoms with E-state index in [1.165, 1.54) is 28.4 Å². The van der Waals surface area contributed by atoms with Crippen molar-refractivity contribution >= 4 is 54.0 Å². The molecule has 182 valence electrons. The molecule has 1 aliphatic rings. The van der Waals surface area contributed by atoms with E-state index in [1.54, 1.807) is 6.07 Å². The van der Waals surface area contributed by atoms with Gasteiger partial charge in [-0.1, -0.05) is 22.9 Å². The van der Waals surface area contributed by atoms with Gasteiger partial charge in [0.2, 0.25) is 5.91 Å². The van der Waals surface area contributed by atoms with E-state index in [-0.39, 0.29) is 4.90 Å². The van der Waals surface area contributed by atoms with Crippen LogP contribution in [0.2, 0.25) is 5.02 Å². The van der Waals surface area contributed by atoms with E-state index in [2.05, 4.69) is 9.88 Å². The third-order valence-corrected chi connectivity index (χ3v) is 8.78. The van der Waals surface area contributed by atoms with Crippen molar-refractivity contribution < 1.29 is 22.3 Å². The highest BCUT2D eigenvalue weighted by Gasteiger charge is 2.27. The number of sulfone groups is 1. The number of thiazole rings is 1. The van der Waals surface area contributed by atoms with E-state index in [9.17, 15) is 17.6 Å². The fourth-order valence-corrected chi connectivity index (χ4v) is 6.19. The number of halogens is 2. The monoisotopic (exact) mass is 525 g/mol. The quantitative estimate of drug-likeness (QED) is 0.415. The molecule has 4 rings (SSSR count). The van der Waals surface area contributed by atoms with Gasteiger partial charge in [0.25, 0.3) is 0 Å². The number of carbonyl (C=O) groups is 1. The van der Waals surface area contributed by atoms with Crippen LogP contribution in [-0.4, -0.2) is 69.4 Å². The van der Waals surface area contributed by atoms with Crippen LogP contribution < -0.4 is 4.90 Å². The number of morpholine rings is 1. The lowest BCUT2D eigenvalue weighted by Crippen LogP contribution is -2.40. The summed E-state index contributed by atoms with van der Waals surface area (Å²) in [7, 11) is -3.95. The van der Waals surface area contributed by atoms with Crippen LogP contribution in [0.1, 0.15) is 12.0 Å². The number of rotatable bonds is 8. The summed E-state index contributed by atoms with van der Waals surface area (Å²) in [5, 5.41) is 1.01. The van der Waals surface area contributed by atoms with Gasteiger partial charge in [0.1, 0.15) is 11.6 Å². The van der Waals surface area contributed by atoms with Crippen molar-refractivity contribution in [1.29, 1.82) is 0 Å². The second kappa shape index (κ2) is 10.7. The Labute approximate surface area is 207 Å². The number of hydrogen-bond donors (Lipinski definition) is 0. The molecule has 0 bridgehead atoms. The first-order chi connectivity index (χ1) is 16.2. The molecular weight excluding hydrogens is 501 g/mol. The largest absolute Gasteiger partial charge is 0.379 e. The van der Waals surface area contributed by atoms with Crippen molar-refractivity contribution in [1.82, 2.24) is 9.88 Å². The smallest absolute Gasteiger partial charge is 0.244 e. The van der Waals surface area contributed by atoms with E-state index in [1.807, 2.05) is 13.0 Å². The minimum atomic E-state index is -3.95. The Morgan fingerprint density at radius 3 is 2.62 bits per heavy atom. The molecule has 0 unspecified atom stereocenters. The zero-order valence-electron chi connectivity index (χ0n) is 18.7. The highest BCUT2D eigenvalue weighted by Crippen LogP contribution is 2.34. The Morgan fingerprint density at radius 2 is 1.91 bits per heavy atom. The molecule has 0 aliphatic carbocycles. The lowest BCUT2D eigenvalue weighted by atomic mass is 10.2. The summed E-state index contributed by atoms with van der Waals surface area (Å²) in [4.78, 5) is 21.5. The van der Waals surface area contributed by atoms with Gasteiger partial charge in [-0.25, -0.2) is 17.8 Å². The topological polar surface area (TPSA) is 79.8 Å². The van der Waals surface area contributed by atoms with Gasteiger partial charge in [0.05, 0.1) is 28.3 Å². The van der Waals surface area contributed by atoms with E-state index in [4.69, 9.17) is 16.3 Å². The van der Waals surface area contributed by atoms with Gasteiger partial charge in [-0.15, -0.1) is 0 Å². The number of fused-ring (bicyclic) bond motifs is 1. The van der Waals surface area contributed by atoms with Crippen LogP contribution in [0.15, 0.2) is 41.3 Å². The van der Waals surface area contributed by atoms with Crippen LogP contribution in [0.4, 0.5) is 9.52 Å². The van der Waals surface area contributed by atoms with Crippen LogP contribution in [0.25, 0.3) is 10.2 Å². The summed E-state index contributed by atoms with van der Waals surface area (Å²) in [5.74, 6) is -1.85. The molecule has 0 atom stereocenters.